The van der Waals surface area contributed by atoms with Crippen LogP contribution in [0.3, 0.4) is 0 Å². The first-order chi connectivity index (χ1) is 6.95. The van der Waals surface area contributed by atoms with Gasteiger partial charge in [0.2, 0.25) is 0 Å². The lowest BCUT2D eigenvalue weighted by Gasteiger charge is -2.10. The van der Waals surface area contributed by atoms with Crippen LogP contribution in [0.4, 0.5) is 0 Å². The zero-order chi connectivity index (χ0) is 9.64. The molecule has 0 aromatic carbocycles. The summed E-state index contributed by atoms with van der Waals surface area (Å²) in [5, 5.41) is 5.01. The fraction of sp³-hybridized carbons (Fsp3) is 0.600. The molecule has 1 atom stereocenters. The van der Waals surface area contributed by atoms with Crippen molar-refractivity contribution in [2.24, 2.45) is 0 Å². The van der Waals surface area contributed by atoms with E-state index in [2.05, 4.69) is 15.3 Å². The highest BCUT2D eigenvalue weighted by Crippen LogP contribution is 2.25. The Bertz CT molecular complexity index is 257. The maximum atomic E-state index is 4.23. The van der Waals surface area contributed by atoms with Gasteiger partial charge in [-0.25, -0.2) is 9.97 Å². The molecular weight excluding hydrogens is 194 g/mol. The second-order valence-electron chi connectivity index (χ2n) is 3.45. The Morgan fingerprint density at radius 1 is 1.21 bits per heavy atom. The van der Waals surface area contributed by atoms with E-state index in [0.29, 0.717) is 5.25 Å². The predicted octanol–water partition coefficient (Wildman–Crippen LogP) is 1.71. The van der Waals surface area contributed by atoms with Crippen LogP contribution in [0.25, 0.3) is 0 Å². The van der Waals surface area contributed by atoms with Crippen LogP contribution in [-0.2, 0) is 0 Å². The summed E-state index contributed by atoms with van der Waals surface area (Å²) in [6, 6.07) is 1.86. The molecule has 3 nitrogen and oxygen atoms in total. The summed E-state index contributed by atoms with van der Waals surface area (Å²) in [4.78, 5) is 8.47. The fourth-order valence-electron chi connectivity index (χ4n) is 1.60. The minimum Gasteiger partial charge on any atom is -0.317 e. The van der Waals surface area contributed by atoms with Crippen molar-refractivity contribution in [1.82, 2.24) is 15.3 Å². The van der Waals surface area contributed by atoms with Crippen LogP contribution in [-0.4, -0.2) is 28.3 Å². The fourth-order valence-corrected chi connectivity index (χ4v) is 2.66. The van der Waals surface area contributed by atoms with Gasteiger partial charge >= 0.3 is 0 Å². The zero-order valence-corrected chi connectivity index (χ0v) is 8.96. The molecule has 0 saturated carbocycles. The van der Waals surface area contributed by atoms with E-state index in [1.807, 2.05) is 30.2 Å². The van der Waals surface area contributed by atoms with Crippen molar-refractivity contribution < 1.29 is 0 Å². The second-order valence-corrected chi connectivity index (χ2v) is 4.72. The number of hydrogen-bond donors (Lipinski definition) is 1. The number of nitrogens with zero attached hydrogens (tertiary/aromatic N) is 2. The van der Waals surface area contributed by atoms with Gasteiger partial charge in [0.15, 0.2) is 5.16 Å². The van der Waals surface area contributed by atoms with Gasteiger partial charge in [0.25, 0.3) is 0 Å². The van der Waals surface area contributed by atoms with Crippen molar-refractivity contribution in [3.05, 3.63) is 18.5 Å². The molecule has 1 aromatic rings. The van der Waals surface area contributed by atoms with Gasteiger partial charge in [-0.3, -0.25) is 0 Å². The third-order valence-electron chi connectivity index (χ3n) is 2.34. The monoisotopic (exact) mass is 209 g/mol. The molecule has 1 aromatic heterocycles. The van der Waals surface area contributed by atoms with Crippen molar-refractivity contribution in [2.75, 3.05) is 13.1 Å². The van der Waals surface area contributed by atoms with Crippen molar-refractivity contribution in [3.8, 4) is 0 Å². The van der Waals surface area contributed by atoms with Crippen LogP contribution in [0, 0.1) is 0 Å². The summed E-state index contributed by atoms with van der Waals surface area (Å²) in [5.74, 6) is 0. The van der Waals surface area contributed by atoms with Gasteiger partial charge in [0.1, 0.15) is 0 Å². The summed E-state index contributed by atoms with van der Waals surface area (Å²) < 4.78 is 0. The van der Waals surface area contributed by atoms with Crippen LogP contribution in [0.2, 0.25) is 0 Å². The lowest BCUT2D eigenvalue weighted by molar-refractivity contribution is 0.703. The number of rotatable bonds is 2. The average Bonchev–Trinajstić information content (AvgIpc) is 2.48. The Balaban J connectivity index is 1.90. The Morgan fingerprint density at radius 3 is 2.93 bits per heavy atom. The van der Waals surface area contributed by atoms with Gasteiger partial charge in [-0.15, -0.1) is 0 Å². The number of thioether (sulfide) groups is 1. The Morgan fingerprint density at radius 2 is 2.07 bits per heavy atom. The topological polar surface area (TPSA) is 37.8 Å². The molecule has 1 aliphatic rings. The quantitative estimate of drug-likeness (QED) is 0.752. The van der Waals surface area contributed by atoms with Gasteiger partial charge < -0.3 is 5.32 Å². The molecule has 0 amide bonds. The van der Waals surface area contributed by atoms with Gasteiger partial charge in [0.05, 0.1) is 0 Å². The van der Waals surface area contributed by atoms with Crippen molar-refractivity contribution >= 4 is 11.8 Å². The largest absolute Gasteiger partial charge is 0.317 e. The van der Waals surface area contributed by atoms with E-state index in [0.717, 1.165) is 18.2 Å². The predicted molar refractivity (Wildman–Crippen MR) is 58.4 cm³/mol. The molecule has 1 unspecified atom stereocenters. The molecule has 1 aliphatic heterocycles. The first-order valence-electron chi connectivity index (χ1n) is 5.09. The molecule has 1 fully saturated rings. The lowest BCUT2D eigenvalue weighted by atomic mass is 10.2. The molecule has 4 heteroatoms. The van der Waals surface area contributed by atoms with E-state index in [-0.39, 0.29) is 0 Å². The summed E-state index contributed by atoms with van der Waals surface area (Å²) in [6.45, 7) is 2.29. The summed E-state index contributed by atoms with van der Waals surface area (Å²) in [5.41, 5.74) is 0. The molecule has 0 spiro atoms. The highest BCUT2D eigenvalue weighted by molar-refractivity contribution is 7.99. The molecule has 1 saturated heterocycles. The standard InChI is InChI=1S/C10H15N3S/c1-3-9(4-8-11-5-1)14-10-12-6-2-7-13-10/h2,6-7,9,11H,1,3-5,8H2. The van der Waals surface area contributed by atoms with Gasteiger partial charge in [-0.05, 0) is 38.4 Å². The molecule has 0 aliphatic carbocycles. The van der Waals surface area contributed by atoms with E-state index in [9.17, 15) is 0 Å². The van der Waals surface area contributed by atoms with Crippen molar-refractivity contribution in [2.45, 2.75) is 29.7 Å². The zero-order valence-electron chi connectivity index (χ0n) is 8.15. The molecule has 0 radical (unpaired) electrons. The minimum absolute atomic E-state index is 0.687. The molecule has 0 bridgehead atoms. The first-order valence-corrected chi connectivity index (χ1v) is 5.97. The maximum absolute atomic E-state index is 4.23. The van der Waals surface area contributed by atoms with Gasteiger partial charge in [0, 0.05) is 17.6 Å². The van der Waals surface area contributed by atoms with Crippen LogP contribution < -0.4 is 5.32 Å². The van der Waals surface area contributed by atoms with Crippen LogP contribution in [0.15, 0.2) is 23.6 Å². The molecule has 1 N–H and O–H groups in total. The minimum atomic E-state index is 0.687. The van der Waals surface area contributed by atoms with Gasteiger partial charge in [-0.2, -0.15) is 0 Å². The second kappa shape index (κ2) is 5.32. The van der Waals surface area contributed by atoms with E-state index in [4.69, 9.17) is 0 Å². The molecular formula is C10H15N3S. The molecule has 2 rings (SSSR count). The van der Waals surface area contributed by atoms with E-state index >= 15 is 0 Å². The average molecular weight is 209 g/mol. The van der Waals surface area contributed by atoms with Crippen LogP contribution in [0.1, 0.15) is 19.3 Å². The highest BCUT2D eigenvalue weighted by Gasteiger charge is 2.13. The summed E-state index contributed by atoms with van der Waals surface area (Å²) in [7, 11) is 0. The molecule has 2 heterocycles. The number of nitrogens with one attached hydrogen (secondary N) is 1. The third kappa shape index (κ3) is 2.96. The Labute approximate surface area is 88.7 Å². The first kappa shape index (κ1) is 9.93. The van der Waals surface area contributed by atoms with Crippen molar-refractivity contribution in [1.29, 1.82) is 0 Å². The smallest absolute Gasteiger partial charge is 0.187 e. The van der Waals surface area contributed by atoms with Gasteiger partial charge in [-0.1, -0.05) is 11.8 Å². The lowest BCUT2D eigenvalue weighted by Crippen LogP contribution is -2.14. The number of aromatic nitrogens is 2. The molecule has 14 heavy (non-hydrogen) atoms. The molecule has 76 valence electrons. The normalized spacial score (nSPS) is 23.0. The van der Waals surface area contributed by atoms with Crippen molar-refractivity contribution in [3.63, 3.8) is 0 Å². The Hall–Kier alpha value is -0.610. The van der Waals surface area contributed by atoms with Crippen LogP contribution >= 0.6 is 11.8 Å². The van der Waals surface area contributed by atoms with E-state index in [1.54, 1.807) is 0 Å². The van der Waals surface area contributed by atoms with E-state index in [1.165, 1.54) is 19.3 Å². The van der Waals surface area contributed by atoms with E-state index < -0.39 is 0 Å². The summed E-state index contributed by atoms with van der Waals surface area (Å²) in [6.07, 6.45) is 7.39. The number of hydrogen-bond acceptors (Lipinski definition) is 4. The SMILES string of the molecule is c1cnc(SC2CCCNCC2)nc1. The maximum Gasteiger partial charge on any atom is 0.187 e. The third-order valence-corrected chi connectivity index (χ3v) is 3.56. The Kier molecular flexibility index (Phi) is 3.77. The van der Waals surface area contributed by atoms with Crippen LogP contribution in [0.5, 0.6) is 0 Å². The summed E-state index contributed by atoms with van der Waals surface area (Å²) >= 11 is 1.82. The highest BCUT2D eigenvalue weighted by atomic mass is 32.2.